The van der Waals surface area contributed by atoms with Gasteiger partial charge in [0.2, 0.25) is 11.0 Å². The van der Waals surface area contributed by atoms with Crippen molar-refractivity contribution in [2.45, 2.75) is 16.2 Å². The van der Waals surface area contributed by atoms with E-state index in [0.29, 0.717) is 10.0 Å². The first-order valence-corrected chi connectivity index (χ1v) is 11.7. The Morgan fingerprint density at radius 3 is 2.48 bits per heavy atom. The molecule has 0 aliphatic carbocycles. The molecule has 29 heavy (non-hydrogen) atoms. The fourth-order valence-corrected chi connectivity index (χ4v) is 5.46. The Morgan fingerprint density at radius 2 is 1.83 bits per heavy atom. The topological polar surface area (TPSA) is 92.3 Å². The SMILES string of the molecule is CCSc1nnc(NC(=O)CN(c2ccccc2)S(=O)(=O)c2ccc(F)cc2)s1. The molecule has 7 nitrogen and oxygen atoms in total. The summed E-state index contributed by atoms with van der Waals surface area (Å²) >= 11 is 2.71. The van der Waals surface area contributed by atoms with Gasteiger partial charge >= 0.3 is 0 Å². The van der Waals surface area contributed by atoms with Gasteiger partial charge in [0, 0.05) is 0 Å². The second kappa shape index (κ2) is 9.33. The van der Waals surface area contributed by atoms with E-state index in [2.05, 4.69) is 15.5 Å². The van der Waals surface area contributed by atoms with E-state index >= 15 is 0 Å². The first-order chi connectivity index (χ1) is 13.9. The summed E-state index contributed by atoms with van der Waals surface area (Å²) < 4.78 is 41.1. The molecule has 0 radical (unpaired) electrons. The van der Waals surface area contributed by atoms with E-state index in [-0.39, 0.29) is 10.0 Å². The molecule has 1 amide bonds. The molecule has 0 aliphatic heterocycles. The van der Waals surface area contributed by atoms with Crippen molar-refractivity contribution in [2.75, 3.05) is 21.9 Å². The van der Waals surface area contributed by atoms with Crippen LogP contribution in [0.1, 0.15) is 6.92 Å². The highest BCUT2D eigenvalue weighted by atomic mass is 32.2. The number of carbonyl (C=O) groups excluding carboxylic acids is 1. The molecule has 0 saturated heterocycles. The van der Waals surface area contributed by atoms with Crippen molar-refractivity contribution in [1.29, 1.82) is 0 Å². The molecule has 0 unspecified atom stereocenters. The third kappa shape index (κ3) is 5.31. The van der Waals surface area contributed by atoms with Crippen LogP contribution in [0.15, 0.2) is 63.8 Å². The van der Waals surface area contributed by atoms with Crippen LogP contribution in [0, 0.1) is 5.82 Å². The molecule has 152 valence electrons. The van der Waals surface area contributed by atoms with Gasteiger partial charge < -0.3 is 0 Å². The number of halogens is 1. The van der Waals surface area contributed by atoms with Crippen molar-refractivity contribution in [3.05, 3.63) is 60.4 Å². The molecule has 1 N–H and O–H groups in total. The lowest BCUT2D eigenvalue weighted by Crippen LogP contribution is -2.38. The Hall–Kier alpha value is -2.50. The van der Waals surface area contributed by atoms with Crippen molar-refractivity contribution in [1.82, 2.24) is 10.2 Å². The molecular formula is C18H17FN4O3S3. The van der Waals surface area contributed by atoms with Crippen LogP contribution >= 0.6 is 23.1 Å². The third-order valence-electron chi connectivity index (χ3n) is 3.65. The van der Waals surface area contributed by atoms with E-state index in [4.69, 9.17) is 0 Å². The van der Waals surface area contributed by atoms with Gasteiger partial charge in [-0.2, -0.15) is 0 Å². The van der Waals surface area contributed by atoms with Crippen molar-refractivity contribution in [3.63, 3.8) is 0 Å². The zero-order chi connectivity index (χ0) is 20.9. The van der Waals surface area contributed by atoms with Crippen LogP contribution in [0.5, 0.6) is 0 Å². The second-order valence-corrected chi connectivity index (χ2v) is 10.0. The molecule has 0 saturated carbocycles. The number of anilines is 2. The summed E-state index contributed by atoms with van der Waals surface area (Å²) in [4.78, 5) is 12.4. The maximum Gasteiger partial charge on any atom is 0.264 e. The minimum atomic E-state index is -4.09. The number of nitrogens with one attached hydrogen (secondary N) is 1. The predicted octanol–water partition coefficient (Wildman–Crippen LogP) is 3.62. The average molecular weight is 453 g/mol. The molecule has 0 bridgehead atoms. The number of aromatic nitrogens is 2. The summed E-state index contributed by atoms with van der Waals surface area (Å²) in [6.07, 6.45) is 0. The van der Waals surface area contributed by atoms with Crippen molar-refractivity contribution >= 4 is 49.8 Å². The summed E-state index contributed by atoms with van der Waals surface area (Å²) in [7, 11) is -4.09. The van der Waals surface area contributed by atoms with E-state index in [1.807, 2.05) is 6.92 Å². The number of carbonyl (C=O) groups is 1. The third-order valence-corrected chi connectivity index (χ3v) is 7.30. The van der Waals surface area contributed by atoms with Crippen LogP contribution in [-0.2, 0) is 14.8 Å². The normalized spacial score (nSPS) is 11.2. The van der Waals surface area contributed by atoms with Gasteiger partial charge in [-0.25, -0.2) is 12.8 Å². The highest BCUT2D eigenvalue weighted by Crippen LogP contribution is 2.26. The number of nitrogens with zero attached hydrogens (tertiary/aromatic N) is 3. The molecule has 3 rings (SSSR count). The number of sulfonamides is 1. The van der Waals surface area contributed by atoms with E-state index in [1.54, 1.807) is 30.3 Å². The maximum atomic E-state index is 13.2. The van der Waals surface area contributed by atoms with Gasteiger partial charge in [0.25, 0.3) is 10.0 Å². The Labute approximate surface area is 176 Å². The lowest BCUT2D eigenvalue weighted by molar-refractivity contribution is -0.114. The Balaban J connectivity index is 1.86. The minimum absolute atomic E-state index is 0.117. The van der Waals surface area contributed by atoms with Crippen molar-refractivity contribution in [2.24, 2.45) is 0 Å². The van der Waals surface area contributed by atoms with E-state index in [1.165, 1.54) is 23.1 Å². The zero-order valence-electron chi connectivity index (χ0n) is 15.3. The van der Waals surface area contributed by atoms with Gasteiger partial charge in [-0.05, 0) is 42.2 Å². The Bertz CT molecular complexity index is 1070. The molecule has 0 fully saturated rings. The fraction of sp³-hybridized carbons (Fsp3) is 0.167. The molecule has 2 aromatic carbocycles. The van der Waals surface area contributed by atoms with Crippen molar-refractivity contribution < 1.29 is 17.6 Å². The summed E-state index contributed by atoms with van der Waals surface area (Å²) in [5.41, 5.74) is 0.312. The number of rotatable bonds is 8. The zero-order valence-corrected chi connectivity index (χ0v) is 17.7. The highest BCUT2D eigenvalue weighted by molar-refractivity contribution is 8.01. The maximum absolute atomic E-state index is 13.2. The van der Waals surface area contributed by atoms with Crippen LogP contribution < -0.4 is 9.62 Å². The number of hydrogen-bond acceptors (Lipinski definition) is 7. The van der Waals surface area contributed by atoms with Crippen molar-refractivity contribution in [3.8, 4) is 0 Å². The van der Waals surface area contributed by atoms with Crippen LogP contribution in [0.25, 0.3) is 0 Å². The molecule has 0 atom stereocenters. The van der Waals surface area contributed by atoms with Gasteiger partial charge in [-0.1, -0.05) is 48.2 Å². The number of para-hydroxylation sites is 1. The monoisotopic (exact) mass is 452 g/mol. The van der Waals surface area contributed by atoms with E-state index in [0.717, 1.165) is 34.3 Å². The largest absolute Gasteiger partial charge is 0.299 e. The van der Waals surface area contributed by atoms with Gasteiger partial charge in [0.15, 0.2) is 4.34 Å². The smallest absolute Gasteiger partial charge is 0.264 e. The summed E-state index contributed by atoms with van der Waals surface area (Å²) in [6.45, 7) is 1.50. The van der Waals surface area contributed by atoms with Gasteiger partial charge in [-0.15, -0.1) is 10.2 Å². The van der Waals surface area contributed by atoms with Crippen LogP contribution in [0.2, 0.25) is 0 Å². The Morgan fingerprint density at radius 1 is 1.14 bits per heavy atom. The standard InChI is InChI=1S/C18H17FN4O3S3/c1-2-27-18-22-21-17(28-18)20-16(24)12-23(14-6-4-3-5-7-14)29(25,26)15-10-8-13(19)9-11-15/h3-11H,2,12H2,1H3,(H,20,21,24). The predicted molar refractivity (Wildman–Crippen MR) is 112 cm³/mol. The van der Waals surface area contributed by atoms with Crippen LogP contribution in [0.3, 0.4) is 0 Å². The van der Waals surface area contributed by atoms with E-state index in [9.17, 15) is 17.6 Å². The fourth-order valence-electron chi connectivity index (χ4n) is 2.37. The number of benzene rings is 2. The molecular weight excluding hydrogens is 435 g/mol. The van der Waals surface area contributed by atoms with Gasteiger partial charge in [0.1, 0.15) is 12.4 Å². The number of hydrogen-bond donors (Lipinski definition) is 1. The number of amides is 1. The second-order valence-electron chi connectivity index (χ2n) is 5.66. The quantitative estimate of drug-likeness (QED) is 0.415. The van der Waals surface area contributed by atoms with Crippen LogP contribution in [0.4, 0.5) is 15.2 Å². The molecule has 0 spiro atoms. The number of thioether (sulfide) groups is 1. The molecule has 3 aromatic rings. The summed E-state index contributed by atoms with van der Waals surface area (Å²) in [5, 5.41) is 10.7. The van der Waals surface area contributed by atoms with Crippen LogP contribution in [-0.4, -0.2) is 36.8 Å². The minimum Gasteiger partial charge on any atom is -0.299 e. The summed E-state index contributed by atoms with van der Waals surface area (Å²) in [5.74, 6) is -0.297. The molecule has 1 heterocycles. The average Bonchev–Trinajstić information content (AvgIpc) is 3.14. The lowest BCUT2D eigenvalue weighted by atomic mass is 10.3. The Kier molecular flexibility index (Phi) is 6.83. The van der Waals surface area contributed by atoms with Gasteiger partial charge in [-0.3, -0.25) is 14.4 Å². The first kappa shape index (κ1) is 21.2. The lowest BCUT2D eigenvalue weighted by Gasteiger charge is -2.23. The molecule has 0 aliphatic rings. The van der Waals surface area contributed by atoms with E-state index < -0.39 is 28.3 Å². The summed E-state index contributed by atoms with van der Waals surface area (Å²) in [6, 6.07) is 12.7. The van der Waals surface area contributed by atoms with Gasteiger partial charge in [0.05, 0.1) is 10.6 Å². The molecule has 1 aromatic heterocycles. The highest BCUT2D eigenvalue weighted by Gasteiger charge is 2.27. The first-order valence-electron chi connectivity index (χ1n) is 8.49. The molecule has 11 heteroatoms.